The van der Waals surface area contributed by atoms with Crippen LogP contribution in [0.4, 0.5) is 0 Å². The standard InChI is InChI=1S/C15H19NO5/c1-9(17)16-5-4-10-6-13(20-2)14(21-3)7-11(10)12(16)8-15(18)19/h6-7,12H,4-5,8H2,1-3H3,(H,18,19)/t12-/m1/s1. The van der Waals surface area contributed by atoms with Gasteiger partial charge < -0.3 is 19.5 Å². The predicted octanol–water partition coefficient (Wildman–Crippen LogP) is 1.62. The highest BCUT2D eigenvalue weighted by Crippen LogP contribution is 2.39. The van der Waals surface area contributed by atoms with Crippen molar-refractivity contribution in [1.29, 1.82) is 0 Å². The lowest BCUT2D eigenvalue weighted by Gasteiger charge is -2.36. The number of nitrogens with zero attached hydrogens (tertiary/aromatic N) is 1. The molecule has 6 nitrogen and oxygen atoms in total. The number of methoxy groups -OCH3 is 2. The van der Waals surface area contributed by atoms with E-state index in [0.717, 1.165) is 11.1 Å². The topological polar surface area (TPSA) is 76.1 Å². The minimum atomic E-state index is -0.936. The number of carbonyl (C=O) groups excluding carboxylic acids is 1. The van der Waals surface area contributed by atoms with Crippen LogP contribution in [-0.4, -0.2) is 42.6 Å². The number of fused-ring (bicyclic) bond motifs is 1. The maximum atomic E-state index is 11.8. The minimum Gasteiger partial charge on any atom is -0.493 e. The molecule has 0 unspecified atom stereocenters. The zero-order valence-corrected chi connectivity index (χ0v) is 12.4. The van der Waals surface area contributed by atoms with Crippen molar-refractivity contribution in [2.45, 2.75) is 25.8 Å². The first-order valence-electron chi connectivity index (χ1n) is 6.71. The van der Waals surface area contributed by atoms with E-state index in [1.807, 2.05) is 6.07 Å². The second-order valence-corrected chi connectivity index (χ2v) is 4.98. The van der Waals surface area contributed by atoms with E-state index in [9.17, 15) is 9.59 Å². The van der Waals surface area contributed by atoms with Gasteiger partial charge in [-0.1, -0.05) is 0 Å². The normalized spacial score (nSPS) is 17.1. The molecule has 1 amide bonds. The van der Waals surface area contributed by atoms with Gasteiger partial charge >= 0.3 is 5.97 Å². The molecule has 2 rings (SSSR count). The number of aliphatic carboxylic acids is 1. The first-order valence-corrected chi connectivity index (χ1v) is 6.71. The summed E-state index contributed by atoms with van der Waals surface area (Å²) in [6.07, 6.45) is 0.549. The molecule has 1 N–H and O–H groups in total. The number of benzene rings is 1. The van der Waals surface area contributed by atoms with Crippen molar-refractivity contribution >= 4 is 11.9 Å². The zero-order valence-electron chi connectivity index (χ0n) is 12.4. The molecule has 1 aliphatic rings. The fourth-order valence-corrected chi connectivity index (χ4v) is 2.79. The Morgan fingerprint density at radius 3 is 2.43 bits per heavy atom. The van der Waals surface area contributed by atoms with Gasteiger partial charge in [-0.15, -0.1) is 0 Å². The molecule has 1 aliphatic heterocycles. The van der Waals surface area contributed by atoms with E-state index in [4.69, 9.17) is 14.6 Å². The summed E-state index contributed by atoms with van der Waals surface area (Å²) >= 11 is 0. The molecule has 1 aromatic rings. The van der Waals surface area contributed by atoms with Crippen molar-refractivity contribution in [3.8, 4) is 11.5 Å². The molecule has 0 spiro atoms. The summed E-state index contributed by atoms with van der Waals surface area (Å²) in [5, 5.41) is 9.12. The zero-order chi connectivity index (χ0) is 15.6. The summed E-state index contributed by atoms with van der Waals surface area (Å²) in [4.78, 5) is 24.5. The Morgan fingerprint density at radius 1 is 1.29 bits per heavy atom. The maximum absolute atomic E-state index is 11.8. The number of carboxylic acids is 1. The monoisotopic (exact) mass is 293 g/mol. The number of carboxylic acid groups (broad SMARTS) is 1. The number of amides is 1. The Balaban J connectivity index is 2.51. The van der Waals surface area contributed by atoms with Crippen LogP contribution in [0.3, 0.4) is 0 Å². The molecule has 21 heavy (non-hydrogen) atoms. The average molecular weight is 293 g/mol. The molecule has 0 aromatic heterocycles. The van der Waals surface area contributed by atoms with Crippen LogP contribution in [0, 0.1) is 0 Å². The molecule has 0 aliphatic carbocycles. The van der Waals surface area contributed by atoms with E-state index < -0.39 is 12.0 Å². The summed E-state index contributed by atoms with van der Waals surface area (Å²) < 4.78 is 10.5. The first-order chi connectivity index (χ1) is 9.97. The number of ether oxygens (including phenoxy) is 2. The third-order valence-electron chi connectivity index (χ3n) is 3.78. The van der Waals surface area contributed by atoms with Crippen LogP contribution in [0.15, 0.2) is 12.1 Å². The van der Waals surface area contributed by atoms with Crippen LogP contribution in [0.1, 0.15) is 30.5 Å². The lowest BCUT2D eigenvalue weighted by Crippen LogP contribution is -2.39. The molecule has 1 atom stereocenters. The molecule has 0 saturated carbocycles. The first kappa shape index (κ1) is 15.2. The second-order valence-electron chi connectivity index (χ2n) is 4.98. The van der Waals surface area contributed by atoms with Crippen LogP contribution >= 0.6 is 0 Å². The number of carbonyl (C=O) groups is 2. The van der Waals surface area contributed by atoms with Gasteiger partial charge in [0.05, 0.1) is 26.7 Å². The van der Waals surface area contributed by atoms with Crippen molar-refractivity contribution in [2.24, 2.45) is 0 Å². The van der Waals surface area contributed by atoms with Crippen molar-refractivity contribution in [2.75, 3.05) is 20.8 Å². The van der Waals surface area contributed by atoms with Crippen LogP contribution < -0.4 is 9.47 Å². The third kappa shape index (κ3) is 2.94. The molecule has 0 radical (unpaired) electrons. The number of hydrogen-bond acceptors (Lipinski definition) is 4. The number of rotatable bonds is 4. The lowest BCUT2D eigenvalue weighted by molar-refractivity contribution is -0.140. The van der Waals surface area contributed by atoms with Gasteiger partial charge in [0.1, 0.15) is 0 Å². The van der Waals surface area contributed by atoms with Gasteiger partial charge in [0.15, 0.2) is 11.5 Å². The van der Waals surface area contributed by atoms with E-state index in [2.05, 4.69) is 0 Å². The minimum absolute atomic E-state index is 0.123. The average Bonchev–Trinajstić information content (AvgIpc) is 2.45. The highest BCUT2D eigenvalue weighted by Gasteiger charge is 2.32. The summed E-state index contributed by atoms with van der Waals surface area (Å²) in [5.74, 6) is 0.0919. The Morgan fingerprint density at radius 2 is 1.90 bits per heavy atom. The number of hydrogen-bond donors (Lipinski definition) is 1. The van der Waals surface area contributed by atoms with E-state index in [1.54, 1.807) is 18.1 Å². The van der Waals surface area contributed by atoms with Crippen molar-refractivity contribution < 1.29 is 24.2 Å². The largest absolute Gasteiger partial charge is 0.493 e. The Bertz CT molecular complexity index is 569. The van der Waals surface area contributed by atoms with Crippen molar-refractivity contribution in [1.82, 2.24) is 4.90 Å². The molecular weight excluding hydrogens is 274 g/mol. The van der Waals surface area contributed by atoms with Gasteiger partial charge in [-0.25, -0.2) is 0 Å². The predicted molar refractivity (Wildman–Crippen MR) is 75.6 cm³/mol. The van der Waals surface area contributed by atoms with E-state index >= 15 is 0 Å². The molecule has 114 valence electrons. The van der Waals surface area contributed by atoms with Crippen LogP contribution in [-0.2, 0) is 16.0 Å². The fraction of sp³-hybridized carbons (Fsp3) is 0.467. The molecule has 6 heteroatoms. The summed E-state index contributed by atoms with van der Waals surface area (Å²) in [6.45, 7) is 1.97. The molecule has 1 heterocycles. The molecule has 1 aromatic carbocycles. The molecule has 0 fully saturated rings. The van der Waals surface area contributed by atoms with E-state index in [0.29, 0.717) is 24.5 Å². The van der Waals surface area contributed by atoms with Crippen LogP contribution in [0.2, 0.25) is 0 Å². The van der Waals surface area contributed by atoms with E-state index in [-0.39, 0.29) is 12.3 Å². The van der Waals surface area contributed by atoms with Gasteiger partial charge in [-0.3, -0.25) is 9.59 Å². The van der Waals surface area contributed by atoms with Crippen LogP contribution in [0.25, 0.3) is 0 Å². The smallest absolute Gasteiger partial charge is 0.305 e. The SMILES string of the molecule is COc1cc2c(cc1OC)[C@@H](CC(=O)O)N(C(C)=O)CC2. The van der Waals surface area contributed by atoms with Gasteiger partial charge in [-0.05, 0) is 29.7 Å². The maximum Gasteiger partial charge on any atom is 0.305 e. The highest BCUT2D eigenvalue weighted by molar-refractivity contribution is 5.76. The quantitative estimate of drug-likeness (QED) is 0.913. The molecular formula is C15H19NO5. The Labute approximate surface area is 123 Å². The van der Waals surface area contributed by atoms with Crippen LogP contribution in [0.5, 0.6) is 11.5 Å². The highest BCUT2D eigenvalue weighted by atomic mass is 16.5. The lowest BCUT2D eigenvalue weighted by atomic mass is 9.90. The third-order valence-corrected chi connectivity index (χ3v) is 3.78. The molecule has 0 saturated heterocycles. The second kappa shape index (κ2) is 6.03. The Hall–Kier alpha value is -2.24. The molecule has 0 bridgehead atoms. The summed E-state index contributed by atoms with van der Waals surface area (Å²) in [7, 11) is 3.09. The van der Waals surface area contributed by atoms with Crippen molar-refractivity contribution in [3.05, 3.63) is 23.3 Å². The van der Waals surface area contributed by atoms with Gasteiger partial charge in [0.25, 0.3) is 0 Å². The van der Waals surface area contributed by atoms with Crippen molar-refractivity contribution in [3.63, 3.8) is 0 Å². The summed E-state index contributed by atoms with van der Waals surface area (Å²) in [6, 6.07) is 3.17. The fourth-order valence-electron chi connectivity index (χ4n) is 2.79. The summed E-state index contributed by atoms with van der Waals surface area (Å²) in [5.41, 5.74) is 1.81. The van der Waals surface area contributed by atoms with Gasteiger partial charge in [-0.2, -0.15) is 0 Å². The Kier molecular flexibility index (Phi) is 4.35. The van der Waals surface area contributed by atoms with E-state index in [1.165, 1.54) is 14.0 Å². The van der Waals surface area contributed by atoms with Gasteiger partial charge in [0.2, 0.25) is 5.91 Å². The van der Waals surface area contributed by atoms with Gasteiger partial charge in [0, 0.05) is 13.5 Å².